The minimum Gasteiger partial charge on any atom is -0.394 e. The monoisotopic (exact) mass is 334 g/mol. The maximum atomic E-state index is 11.2. The zero-order chi connectivity index (χ0) is 16.5. The first-order chi connectivity index (χ1) is 10.2. The molecule has 1 aromatic rings. The van der Waals surface area contributed by atoms with Gasteiger partial charge in [-0.1, -0.05) is 0 Å². The van der Waals surface area contributed by atoms with Gasteiger partial charge in [0.1, 0.15) is 24.4 Å². The van der Waals surface area contributed by atoms with Gasteiger partial charge in [-0.3, -0.25) is 0 Å². The number of benzene rings is 1. The summed E-state index contributed by atoms with van der Waals surface area (Å²) >= 11 is 0. The van der Waals surface area contributed by atoms with Crippen LogP contribution < -0.4 is 10.5 Å². The van der Waals surface area contributed by atoms with Crippen LogP contribution in [0, 0.1) is 0 Å². The average Bonchev–Trinajstić information content (AvgIpc) is 2.47. The number of anilines is 1. The van der Waals surface area contributed by atoms with Gasteiger partial charge in [-0.25, -0.2) is 13.6 Å². The molecule has 1 fully saturated rings. The lowest BCUT2D eigenvalue weighted by Crippen LogP contribution is -2.60. The van der Waals surface area contributed by atoms with Crippen LogP contribution >= 0.6 is 0 Å². The van der Waals surface area contributed by atoms with E-state index in [2.05, 4.69) is 5.32 Å². The van der Waals surface area contributed by atoms with E-state index in [4.69, 9.17) is 15.0 Å². The first kappa shape index (κ1) is 17.1. The molecule has 0 aliphatic carbocycles. The molecular formula is C12H18N2O7S. The van der Waals surface area contributed by atoms with Crippen LogP contribution in [0.3, 0.4) is 0 Å². The Bertz CT molecular complexity index is 604. The zero-order valence-electron chi connectivity index (χ0n) is 11.4. The van der Waals surface area contributed by atoms with Crippen molar-refractivity contribution in [2.24, 2.45) is 5.14 Å². The van der Waals surface area contributed by atoms with E-state index in [1.165, 1.54) is 24.3 Å². The minimum atomic E-state index is -3.81. The van der Waals surface area contributed by atoms with Crippen molar-refractivity contribution in [2.45, 2.75) is 35.5 Å². The predicted octanol–water partition coefficient (Wildman–Crippen LogP) is -2.45. The number of rotatable bonds is 4. The molecule has 1 heterocycles. The van der Waals surface area contributed by atoms with Crippen molar-refractivity contribution in [1.82, 2.24) is 0 Å². The summed E-state index contributed by atoms with van der Waals surface area (Å²) in [4.78, 5) is -0.0770. The standard InChI is InChI=1S/C12H18N2O7S/c13-22(19,20)7-3-1-6(2-4-7)14-12-11(18)10(17)9(16)8(5-15)21-12/h1-4,8-12,14-18H,5H2,(H2,13,19,20)/t8-,9+,10+,11-,12-/m1/s1. The van der Waals surface area contributed by atoms with E-state index in [0.29, 0.717) is 5.69 Å². The Labute approximate surface area is 127 Å². The Hall–Kier alpha value is -1.27. The number of hydrogen-bond acceptors (Lipinski definition) is 8. The Kier molecular flexibility index (Phi) is 5.02. The lowest BCUT2D eigenvalue weighted by Gasteiger charge is -2.40. The smallest absolute Gasteiger partial charge is 0.238 e. The molecule has 22 heavy (non-hydrogen) atoms. The molecule has 2 rings (SSSR count). The highest BCUT2D eigenvalue weighted by molar-refractivity contribution is 7.89. The highest BCUT2D eigenvalue weighted by Crippen LogP contribution is 2.23. The van der Waals surface area contributed by atoms with Crippen molar-refractivity contribution in [3.8, 4) is 0 Å². The van der Waals surface area contributed by atoms with Gasteiger partial charge >= 0.3 is 0 Å². The Morgan fingerprint density at radius 2 is 1.68 bits per heavy atom. The molecule has 0 spiro atoms. The van der Waals surface area contributed by atoms with E-state index >= 15 is 0 Å². The summed E-state index contributed by atoms with van der Waals surface area (Å²) < 4.78 is 27.6. The molecule has 5 atom stereocenters. The fourth-order valence-electron chi connectivity index (χ4n) is 2.13. The third-order valence-electron chi connectivity index (χ3n) is 3.38. The van der Waals surface area contributed by atoms with Gasteiger partial charge in [-0.05, 0) is 24.3 Å². The molecule has 0 aromatic heterocycles. The molecule has 10 heteroatoms. The second kappa shape index (κ2) is 6.46. The Morgan fingerprint density at radius 1 is 1.09 bits per heavy atom. The highest BCUT2D eigenvalue weighted by Gasteiger charge is 2.43. The SMILES string of the molecule is NS(=O)(=O)c1ccc(N[C@@H]2O[C@H](CO)[C@H](O)[C@H](O)[C@H]2O)cc1. The number of primary sulfonamides is 1. The van der Waals surface area contributed by atoms with Crippen molar-refractivity contribution in [2.75, 3.05) is 11.9 Å². The van der Waals surface area contributed by atoms with Crippen molar-refractivity contribution in [3.05, 3.63) is 24.3 Å². The molecular weight excluding hydrogens is 316 g/mol. The van der Waals surface area contributed by atoms with Gasteiger partial charge in [0.05, 0.1) is 11.5 Å². The van der Waals surface area contributed by atoms with Crippen LogP contribution in [-0.2, 0) is 14.8 Å². The molecule has 1 aromatic carbocycles. The largest absolute Gasteiger partial charge is 0.394 e. The number of aliphatic hydroxyl groups is 4. The van der Waals surface area contributed by atoms with Gasteiger partial charge in [0, 0.05) is 5.69 Å². The summed E-state index contributed by atoms with van der Waals surface area (Å²) in [5.41, 5.74) is 0.400. The summed E-state index contributed by atoms with van der Waals surface area (Å²) in [6.07, 6.45) is -6.49. The predicted molar refractivity (Wildman–Crippen MR) is 75.2 cm³/mol. The maximum Gasteiger partial charge on any atom is 0.238 e. The van der Waals surface area contributed by atoms with Crippen molar-refractivity contribution in [3.63, 3.8) is 0 Å². The Balaban J connectivity index is 2.12. The van der Waals surface area contributed by atoms with Crippen LogP contribution in [0.25, 0.3) is 0 Å². The summed E-state index contributed by atoms with van der Waals surface area (Å²) in [5.74, 6) is 0. The number of nitrogens with one attached hydrogen (secondary N) is 1. The third kappa shape index (κ3) is 3.55. The average molecular weight is 334 g/mol. The molecule has 7 N–H and O–H groups in total. The van der Waals surface area contributed by atoms with E-state index < -0.39 is 47.3 Å². The molecule has 0 unspecified atom stereocenters. The van der Waals surface area contributed by atoms with Crippen molar-refractivity contribution >= 4 is 15.7 Å². The van der Waals surface area contributed by atoms with Crippen molar-refractivity contribution in [1.29, 1.82) is 0 Å². The van der Waals surface area contributed by atoms with E-state index in [9.17, 15) is 23.7 Å². The third-order valence-corrected chi connectivity index (χ3v) is 4.31. The highest BCUT2D eigenvalue weighted by atomic mass is 32.2. The van der Waals surface area contributed by atoms with Crippen molar-refractivity contribution < 1.29 is 33.6 Å². The maximum absolute atomic E-state index is 11.2. The lowest BCUT2D eigenvalue weighted by molar-refractivity contribution is -0.221. The van der Waals surface area contributed by atoms with Crippen LogP contribution in [0.1, 0.15) is 0 Å². The quantitative estimate of drug-likeness (QED) is 0.353. The first-order valence-corrected chi connectivity index (χ1v) is 7.98. The van der Waals surface area contributed by atoms with Crippen LogP contribution in [0.4, 0.5) is 5.69 Å². The van der Waals surface area contributed by atoms with Gasteiger partial charge in [-0.15, -0.1) is 0 Å². The van der Waals surface area contributed by atoms with Gasteiger partial charge in [0.25, 0.3) is 0 Å². The van der Waals surface area contributed by atoms with Gasteiger partial charge < -0.3 is 30.5 Å². The normalized spacial score (nSPS) is 32.7. The summed E-state index contributed by atoms with van der Waals surface area (Å²) in [5, 5.41) is 46.0. The van der Waals surface area contributed by atoms with Crippen LogP contribution in [0.2, 0.25) is 0 Å². The first-order valence-electron chi connectivity index (χ1n) is 6.44. The summed E-state index contributed by atoms with van der Waals surface area (Å²) in [7, 11) is -3.81. The topological polar surface area (TPSA) is 162 Å². The van der Waals surface area contributed by atoms with Gasteiger partial charge in [0.2, 0.25) is 10.0 Å². The van der Waals surface area contributed by atoms with Crippen LogP contribution in [0.5, 0.6) is 0 Å². The van der Waals surface area contributed by atoms with E-state index in [1.54, 1.807) is 0 Å². The number of nitrogens with two attached hydrogens (primary N) is 1. The minimum absolute atomic E-state index is 0.0770. The van der Waals surface area contributed by atoms with Gasteiger partial charge in [0.15, 0.2) is 6.23 Å². The summed E-state index contributed by atoms with van der Waals surface area (Å²) in [6, 6.07) is 5.34. The number of ether oxygens (including phenoxy) is 1. The second-order valence-corrected chi connectivity index (χ2v) is 6.52. The molecule has 0 amide bonds. The van der Waals surface area contributed by atoms with E-state index in [1.807, 2.05) is 0 Å². The molecule has 0 bridgehead atoms. The van der Waals surface area contributed by atoms with E-state index in [-0.39, 0.29) is 4.90 Å². The van der Waals surface area contributed by atoms with E-state index in [0.717, 1.165) is 0 Å². The number of aliphatic hydroxyl groups excluding tert-OH is 4. The molecule has 1 aliphatic rings. The van der Waals surface area contributed by atoms with Gasteiger partial charge in [-0.2, -0.15) is 0 Å². The molecule has 1 aliphatic heterocycles. The fraction of sp³-hybridized carbons (Fsp3) is 0.500. The fourth-order valence-corrected chi connectivity index (χ4v) is 2.64. The second-order valence-electron chi connectivity index (χ2n) is 4.96. The molecule has 124 valence electrons. The molecule has 0 saturated carbocycles. The molecule has 0 radical (unpaired) electrons. The Morgan fingerprint density at radius 3 is 2.18 bits per heavy atom. The summed E-state index contributed by atoms with van der Waals surface area (Å²) in [6.45, 7) is -0.534. The lowest BCUT2D eigenvalue weighted by atomic mass is 9.98. The number of sulfonamides is 1. The zero-order valence-corrected chi connectivity index (χ0v) is 12.2. The molecule has 1 saturated heterocycles. The van der Waals surface area contributed by atoms with Crippen LogP contribution in [-0.4, -0.2) is 66.1 Å². The number of hydrogen-bond donors (Lipinski definition) is 6. The molecule has 9 nitrogen and oxygen atoms in total. The van der Waals surface area contributed by atoms with Crippen LogP contribution in [0.15, 0.2) is 29.2 Å².